The number of aliphatic hydroxyl groups is 1. The zero-order chi connectivity index (χ0) is 22.8. The van der Waals surface area contributed by atoms with Crippen LogP contribution < -0.4 is 5.32 Å². The Morgan fingerprint density at radius 3 is 2.91 bits per heavy atom. The fourth-order valence-electron chi connectivity index (χ4n) is 4.63. The van der Waals surface area contributed by atoms with E-state index in [0.29, 0.717) is 11.4 Å². The lowest BCUT2D eigenvalue weighted by Gasteiger charge is -2.32. The highest BCUT2D eigenvalue weighted by Crippen LogP contribution is 2.34. The van der Waals surface area contributed by atoms with Gasteiger partial charge in [-0.1, -0.05) is 6.07 Å². The largest absolute Gasteiger partial charge is 0.393 e. The maximum atomic E-state index is 12.6. The number of carbonyl (C=O) groups excluding carboxylic acids is 1. The van der Waals surface area contributed by atoms with Crippen LogP contribution in [-0.2, 0) is 6.42 Å². The number of nitrogens with zero attached hydrogens (tertiary/aromatic N) is 5. The molecule has 0 bridgehead atoms. The molecule has 0 saturated heterocycles. The van der Waals surface area contributed by atoms with E-state index in [4.69, 9.17) is 4.98 Å². The van der Waals surface area contributed by atoms with Gasteiger partial charge in [-0.25, -0.2) is 9.97 Å². The molecule has 170 valence electrons. The molecule has 9 heteroatoms. The number of aliphatic hydroxyl groups excluding tert-OH is 1. The number of carbonyl (C=O) groups is 1. The van der Waals surface area contributed by atoms with Crippen LogP contribution in [0.3, 0.4) is 0 Å². The summed E-state index contributed by atoms with van der Waals surface area (Å²) in [5, 5.41) is 15.6. The predicted molar refractivity (Wildman–Crippen MR) is 127 cm³/mol. The fourth-order valence-corrected chi connectivity index (χ4v) is 5.17. The third kappa shape index (κ3) is 4.65. The maximum Gasteiger partial charge on any atom is 0.280 e. The Balaban J connectivity index is 1.48. The number of imidazole rings is 1. The molecule has 0 spiro atoms. The minimum atomic E-state index is -0.507. The van der Waals surface area contributed by atoms with Crippen LogP contribution in [-0.4, -0.2) is 47.7 Å². The highest BCUT2D eigenvalue weighted by molar-refractivity contribution is 7.11. The smallest absolute Gasteiger partial charge is 0.280 e. The van der Waals surface area contributed by atoms with Gasteiger partial charge in [-0.3, -0.25) is 14.8 Å². The van der Waals surface area contributed by atoms with Gasteiger partial charge >= 0.3 is 0 Å². The van der Waals surface area contributed by atoms with Gasteiger partial charge < -0.3 is 15.0 Å². The van der Waals surface area contributed by atoms with Crippen molar-refractivity contribution >= 4 is 28.3 Å². The lowest BCUT2D eigenvalue weighted by molar-refractivity contribution is 0.0920. The zero-order valence-electron chi connectivity index (χ0n) is 18.4. The molecule has 1 aliphatic carbocycles. The summed E-state index contributed by atoms with van der Waals surface area (Å²) in [4.78, 5) is 30.5. The summed E-state index contributed by atoms with van der Waals surface area (Å²) in [7, 11) is 0. The molecule has 0 aromatic carbocycles. The van der Waals surface area contributed by atoms with Gasteiger partial charge in [0.15, 0.2) is 5.01 Å². The van der Waals surface area contributed by atoms with E-state index < -0.39 is 6.10 Å². The molecule has 1 fully saturated rings. The molecule has 1 saturated carbocycles. The number of aromatic nitrogens is 5. The van der Waals surface area contributed by atoms with Gasteiger partial charge in [-0.05, 0) is 50.8 Å². The van der Waals surface area contributed by atoms with Crippen molar-refractivity contribution < 1.29 is 9.90 Å². The molecule has 4 aromatic heterocycles. The number of fused-ring (bicyclic) bond motifs is 1. The Bertz CT molecular complexity index is 1240. The second-order valence-corrected chi connectivity index (χ2v) is 9.45. The molecule has 3 atom stereocenters. The quantitative estimate of drug-likeness (QED) is 0.452. The summed E-state index contributed by atoms with van der Waals surface area (Å²) in [5.74, 6) is 0.730. The van der Waals surface area contributed by atoms with E-state index >= 15 is 0 Å². The lowest BCUT2D eigenvalue weighted by atomic mass is 9.90. The molecule has 1 amide bonds. The molecular formula is C24H26N6O2S. The van der Waals surface area contributed by atoms with Gasteiger partial charge in [0.05, 0.1) is 29.2 Å². The van der Waals surface area contributed by atoms with Gasteiger partial charge in [0.1, 0.15) is 11.3 Å². The Labute approximate surface area is 195 Å². The first kappa shape index (κ1) is 21.7. The van der Waals surface area contributed by atoms with Gasteiger partial charge in [0, 0.05) is 36.3 Å². The molecule has 5 rings (SSSR count). The topological polar surface area (TPSA) is 106 Å². The molecule has 33 heavy (non-hydrogen) atoms. The molecule has 4 heterocycles. The average Bonchev–Trinajstić information content (AvgIpc) is 3.47. The summed E-state index contributed by atoms with van der Waals surface area (Å²) < 4.78 is 2.25. The van der Waals surface area contributed by atoms with Crippen LogP contribution >= 0.6 is 11.3 Å². The summed E-state index contributed by atoms with van der Waals surface area (Å²) in [6.07, 6.45) is 8.87. The third-order valence-electron chi connectivity index (χ3n) is 6.03. The second-order valence-electron chi connectivity index (χ2n) is 8.55. The summed E-state index contributed by atoms with van der Waals surface area (Å²) in [6.45, 7) is 1.78. The summed E-state index contributed by atoms with van der Waals surface area (Å²) in [6, 6.07) is 8.04. The highest BCUT2D eigenvalue weighted by atomic mass is 32.1. The van der Waals surface area contributed by atoms with E-state index in [1.807, 2.05) is 29.6 Å². The Kier molecular flexibility index (Phi) is 6.15. The van der Waals surface area contributed by atoms with Crippen molar-refractivity contribution in [1.29, 1.82) is 0 Å². The lowest BCUT2D eigenvalue weighted by Crippen LogP contribution is -2.39. The molecule has 2 N–H and O–H groups in total. The van der Waals surface area contributed by atoms with Crippen LogP contribution in [0.5, 0.6) is 0 Å². The van der Waals surface area contributed by atoms with Gasteiger partial charge in [0.2, 0.25) is 0 Å². The number of amides is 1. The van der Waals surface area contributed by atoms with E-state index in [-0.39, 0.29) is 18.0 Å². The van der Waals surface area contributed by atoms with E-state index in [2.05, 4.69) is 24.8 Å². The SMILES string of the molecule is CC(O)Cc1nc2cnc(-c3ccccn3)cc2n1C1CCCC(NC(=O)c2nccs2)C1. The first-order valence-corrected chi connectivity index (χ1v) is 12.1. The summed E-state index contributed by atoms with van der Waals surface area (Å²) in [5.41, 5.74) is 3.39. The predicted octanol–water partition coefficient (Wildman–Crippen LogP) is 3.79. The van der Waals surface area contributed by atoms with Crippen molar-refractivity contribution in [3.8, 4) is 11.4 Å². The van der Waals surface area contributed by atoms with Crippen molar-refractivity contribution in [3.05, 3.63) is 59.1 Å². The van der Waals surface area contributed by atoms with Crippen LogP contribution in [0, 0.1) is 0 Å². The van der Waals surface area contributed by atoms with Crippen LogP contribution in [0.4, 0.5) is 0 Å². The second kappa shape index (κ2) is 9.36. The highest BCUT2D eigenvalue weighted by Gasteiger charge is 2.28. The third-order valence-corrected chi connectivity index (χ3v) is 6.80. The first-order valence-electron chi connectivity index (χ1n) is 11.2. The summed E-state index contributed by atoms with van der Waals surface area (Å²) >= 11 is 1.35. The number of hydrogen-bond donors (Lipinski definition) is 2. The van der Waals surface area contributed by atoms with Crippen molar-refractivity contribution in [3.63, 3.8) is 0 Å². The Morgan fingerprint density at radius 1 is 1.24 bits per heavy atom. The van der Waals surface area contributed by atoms with Crippen molar-refractivity contribution in [1.82, 2.24) is 29.8 Å². The molecular weight excluding hydrogens is 436 g/mol. The molecule has 1 aliphatic rings. The first-order chi connectivity index (χ1) is 16.1. The van der Waals surface area contributed by atoms with Gasteiger partial charge in [-0.2, -0.15) is 0 Å². The Hall–Kier alpha value is -3.17. The van der Waals surface area contributed by atoms with Crippen LogP contribution in [0.15, 0.2) is 48.2 Å². The molecule has 8 nitrogen and oxygen atoms in total. The van der Waals surface area contributed by atoms with Gasteiger partial charge in [0.25, 0.3) is 5.91 Å². The number of thiazole rings is 1. The number of rotatable bonds is 6. The van der Waals surface area contributed by atoms with E-state index in [9.17, 15) is 9.90 Å². The Morgan fingerprint density at radius 2 is 2.15 bits per heavy atom. The van der Waals surface area contributed by atoms with Crippen molar-refractivity contribution in [2.24, 2.45) is 0 Å². The molecule has 3 unspecified atom stereocenters. The average molecular weight is 463 g/mol. The van der Waals surface area contributed by atoms with Crippen molar-refractivity contribution in [2.75, 3.05) is 0 Å². The molecule has 4 aromatic rings. The number of nitrogens with one attached hydrogen (secondary N) is 1. The van der Waals surface area contributed by atoms with Crippen LogP contribution in [0.2, 0.25) is 0 Å². The normalized spacial score (nSPS) is 19.5. The molecule has 0 radical (unpaired) electrons. The zero-order valence-corrected chi connectivity index (χ0v) is 19.2. The van der Waals surface area contributed by atoms with Crippen LogP contribution in [0.25, 0.3) is 22.4 Å². The number of pyridine rings is 2. The standard InChI is InChI=1S/C24H26N6O2S/c1-15(31)11-22-29-20-14-27-19(18-7-2-3-8-25-18)13-21(20)30(22)17-6-4-5-16(12-17)28-23(32)24-26-9-10-33-24/h2-3,7-10,13-17,31H,4-6,11-12H2,1H3,(H,28,32). The van der Waals surface area contributed by atoms with Crippen molar-refractivity contribution in [2.45, 2.75) is 57.2 Å². The van der Waals surface area contributed by atoms with E-state index in [0.717, 1.165) is 53.9 Å². The maximum absolute atomic E-state index is 12.6. The monoisotopic (exact) mass is 462 g/mol. The van der Waals surface area contributed by atoms with Gasteiger partial charge in [-0.15, -0.1) is 11.3 Å². The minimum Gasteiger partial charge on any atom is -0.393 e. The van der Waals surface area contributed by atoms with E-state index in [1.165, 1.54) is 11.3 Å². The van der Waals surface area contributed by atoms with E-state index in [1.54, 1.807) is 25.5 Å². The molecule has 0 aliphatic heterocycles. The fraction of sp³-hybridized carbons (Fsp3) is 0.375. The van der Waals surface area contributed by atoms with Crippen LogP contribution in [0.1, 0.15) is 54.3 Å². The minimum absolute atomic E-state index is 0.0640. The number of hydrogen-bond acceptors (Lipinski definition) is 7.